The van der Waals surface area contributed by atoms with E-state index < -0.39 is 8.07 Å². The van der Waals surface area contributed by atoms with Gasteiger partial charge in [0, 0.05) is 11.5 Å². The number of aromatic nitrogens is 2. The lowest BCUT2D eigenvalue weighted by molar-refractivity contribution is -0.600. The van der Waals surface area contributed by atoms with E-state index >= 15 is 0 Å². The van der Waals surface area contributed by atoms with Gasteiger partial charge in [-0.25, -0.2) is 0 Å². The minimum Gasteiger partial charge on any atom is -0.298 e. The van der Waals surface area contributed by atoms with Crippen LogP contribution in [0.1, 0.15) is 108 Å². The summed E-state index contributed by atoms with van der Waals surface area (Å²) in [4.78, 5) is 0. The summed E-state index contributed by atoms with van der Waals surface area (Å²) in [6, 6.07) is 13.7. The van der Waals surface area contributed by atoms with Crippen molar-refractivity contribution < 1.29 is 4.57 Å². The topological polar surface area (TPSA) is 8.81 Å². The van der Waals surface area contributed by atoms with Crippen molar-refractivity contribution in [2.24, 2.45) is 0 Å². The maximum absolute atomic E-state index is 3.95. The van der Waals surface area contributed by atoms with Crippen LogP contribution in [-0.2, 0) is 0 Å². The Balaban J connectivity index is 2.11. The Bertz CT molecular complexity index is 1280. The molecule has 4 rings (SSSR count). The third-order valence-corrected chi connectivity index (χ3v) is 11.7. The van der Waals surface area contributed by atoms with E-state index in [-0.39, 0.29) is 0 Å². The van der Waals surface area contributed by atoms with Crippen molar-refractivity contribution in [1.29, 1.82) is 0 Å². The molecule has 196 valence electrons. The molecule has 0 fully saturated rings. The van der Waals surface area contributed by atoms with Crippen LogP contribution in [0, 0.1) is 6.33 Å². The molecule has 1 aliphatic carbocycles. The predicted octanol–water partition coefficient (Wildman–Crippen LogP) is 8.39. The van der Waals surface area contributed by atoms with Gasteiger partial charge in [0.25, 0.3) is 6.33 Å². The summed E-state index contributed by atoms with van der Waals surface area (Å²) < 4.78 is 4.82. The maximum Gasteiger partial charge on any atom is 0.268 e. The highest BCUT2D eigenvalue weighted by Crippen LogP contribution is 2.33. The SMILES string of the molecule is CC(C)c1cccc(C(C)C)c1-n1[c-][n+](-c2c(C(C)C)cccc2C(C)C)cc1[Si](C)(C)C1=CC=CC1. The van der Waals surface area contributed by atoms with Crippen LogP contribution in [0.4, 0.5) is 0 Å². The Hall–Kier alpha value is -2.65. The molecular formula is C34H46N2Si. The van der Waals surface area contributed by atoms with Crippen molar-refractivity contribution in [1.82, 2.24) is 4.57 Å². The molecule has 1 heterocycles. The Morgan fingerprint density at radius 1 is 0.757 bits per heavy atom. The van der Waals surface area contributed by atoms with Crippen molar-refractivity contribution in [2.45, 2.75) is 98.6 Å². The van der Waals surface area contributed by atoms with Gasteiger partial charge in [-0.3, -0.25) is 9.13 Å². The van der Waals surface area contributed by atoms with Gasteiger partial charge in [-0.1, -0.05) is 128 Å². The van der Waals surface area contributed by atoms with Crippen molar-refractivity contribution >= 4 is 13.4 Å². The standard InChI is InChI=1S/C34H46N2Si/c1-23(2)28-17-13-18-29(24(3)4)33(28)35-21-32(37(9,10)27-15-11-12-16-27)36(22-35)34-30(25(5)6)19-14-20-31(34)26(7)8/h11-15,17-21,23-26H,16H2,1-10H3. The van der Waals surface area contributed by atoms with Crippen LogP contribution in [0.15, 0.2) is 66.0 Å². The molecular weight excluding hydrogens is 464 g/mol. The molecule has 1 aromatic heterocycles. The summed E-state index contributed by atoms with van der Waals surface area (Å²) in [6.45, 7) is 23.5. The van der Waals surface area contributed by atoms with Crippen molar-refractivity contribution in [3.8, 4) is 11.4 Å². The largest absolute Gasteiger partial charge is 0.298 e. The fourth-order valence-corrected chi connectivity index (χ4v) is 8.37. The van der Waals surface area contributed by atoms with E-state index in [4.69, 9.17) is 0 Å². The minimum atomic E-state index is -1.98. The number of para-hydroxylation sites is 2. The second kappa shape index (κ2) is 10.6. The molecule has 2 aromatic carbocycles. The highest BCUT2D eigenvalue weighted by Gasteiger charge is 2.34. The molecule has 0 radical (unpaired) electrons. The highest BCUT2D eigenvalue weighted by atomic mass is 28.3. The van der Waals surface area contributed by atoms with Crippen molar-refractivity contribution in [2.75, 3.05) is 0 Å². The average molecular weight is 511 g/mol. The molecule has 3 heteroatoms. The van der Waals surface area contributed by atoms with Crippen LogP contribution in [0.5, 0.6) is 0 Å². The summed E-state index contributed by atoms with van der Waals surface area (Å²) in [7, 11) is -1.98. The van der Waals surface area contributed by atoms with E-state index in [0.29, 0.717) is 23.7 Å². The predicted molar refractivity (Wildman–Crippen MR) is 161 cm³/mol. The first-order valence-corrected chi connectivity index (χ1v) is 17.1. The molecule has 2 nitrogen and oxygen atoms in total. The quantitative estimate of drug-likeness (QED) is 0.163. The molecule has 0 saturated carbocycles. The van der Waals surface area contributed by atoms with Gasteiger partial charge in [-0.15, -0.1) is 0 Å². The van der Waals surface area contributed by atoms with Gasteiger partial charge in [-0.2, -0.15) is 0 Å². The van der Waals surface area contributed by atoms with Crippen LogP contribution < -0.4 is 9.88 Å². The lowest BCUT2D eigenvalue weighted by atomic mass is 9.92. The molecule has 37 heavy (non-hydrogen) atoms. The summed E-state index contributed by atoms with van der Waals surface area (Å²) in [6.07, 6.45) is 14.4. The van der Waals surface area contributed by atoms with Gasteiger partial charge in [0.2, 0.25) is 0 Å². The van der Waals surface area contributed by atoms with Crippen molar-refractivity contribution in [3.05, 3.63) is 94.6 Å². The lowest BCUT2D eigenvalue weighted by Crippen LogP contribution is -2.48. The molecule has 0 spiro atoms. The maximum atomic E-state index is 3.95. The second-order valence-electron chi connectivity index (χ2n) is 12.5. The normalized spacial score (nSPS) is 14.1. The zero-order chi connectivity index (χ0) is 27.1. The number of hydrogen-bond donors (Lipinski definition) is 0. The summed E-state index contributed by atoms with van der Waals surface area (Å²) in [5.74, 6) is 1.72. The minimum absolute atomic E-state index is 0.428. The molecule has 0 atom stereocenters. The van der Waals surface area contributed by atoms with Crippen LogP contribution in [0.2, 0.25) is 13.1 Å². The van der Waals surface area contributed by atoms with E-state index in [1.165, 1.54) is 38.9 Å². The molecule has 3 aromatic rings. The number of rotatable bonds is 8. The fraction of sp³-hybridized carbons (Fsp3) is 0.441. The number of hydrogen-bond acceptors (Lipinski definition) is 0. The summed E-state index contributed by atoms with van der Waals surface area (Å²) in [5, 5.41) is 3.01. The first-order chi connectivity index (χ1) is 17.4. The zero-order valence-electron chi connectivity index (χ0n) is 24.7. The van der Waals surface area contributed by atoms with Crippen LogP contribution in [0.25, 0.3) is 11.4 Å². The average Bonchev–Trinajstić information content (AvgIpc) is 3.54. The van der Waals surface area contributed by atoms with Gasteiger partial charge in [-0.05, 0) is 52.3 Å². The molecule has 0 unspecified atom stereocenters. The molecule has 0 saturated heterocycles. The summed E-state index contributed by atoms with van der Waals surface area (Å²) in [5.41, 5.74) is 8.22. The third kappa shape index (κ3) is 5.08. The van der Waals surface area contributed by atoms with E-state index in [2.05, 4.69) is 145 Å². The van der Waals surface area contributed by atoms with Gasteiger partial charge in [0.1, 0.15) is 8.07 Å². The number of imidazole rings is 1. The van der Waals surface area contributed by atoms with E-state index in [0.717, 1.165) is 6.42 Å². The number of nitrogens with zero attached hydrogens (tertiary/aromatic N) is 2. The second-order valence-corrected chi connectivity index (χ2v) is 16.9. The molecule has 0 aliphatic heterocycles. The van der Waals surface area contributed by atoms with E-state index in [9.17, 15) is 0 Å². The van der Waals surface area contributed by atoms with Crippen LogP contribution in [0.3, 0.4) is 0 Å². The van der Waals surface area contributed by atoms with Crippen molar-refractivity contribution in [3.63, 3.8) is 0 Å². The number of benzene rings is 2. The molecule has 0 amide bonds. The first kappa shape index (κ1) is 27.4. The fourth-order valence-electron chi connectivity index (χ4n) is 5.73. The monoisotopic (exact) mass is 510 g/mol. The summed E-state index contributed by atoms with van der Waals surface area (Å²) >= 11 is 0. The van der Waals surface area contributed by atoms with E-state index in [1.54, 1.807) is 5.20 Å². The smallest absolute Gasteiger partial charge is 0.268 e. The highest BCUT2D eigenvalue weighted by molar-refractivity contribution is 6.95. The Morgan fingerprint density at radius 2 is 1.24 bits per heavy atom. The number of allylic oxidation sites excluding steroid dienone is 4. The first-order valence-electron chi connectivity index (χ1n) is 14.1. The Morgan fingerprint density at radius 3 is 1.68 bits per heavy atom. The van der Waals surface area contributed by atoms with Gasteiger partial charge < -0.3 is 0 Å². The van der Waals surface area contributed by atoms with Crippen LogP contribution in [-0.4, -0.2) is 12.6 Å². The van der Waals surface area contributed by atoms with Gasteiger partial charge >= 0.3 is 0 Å². The lowest BCUT2D eigenvalue weighted by Gasteiger charge is -2.28. The van der Waals surface area contributed by atoms with Crippen LogP contribution >= 0.6 is 0 Å². The Kier molecular flexibility index (Phi) is 7.85. The van der Waals surface area contributed by atoms with Gasteiger partial charge in [0.15, 0.2) is 0 Å². The zero-order valence-corrected chi connectivity index (χ0v) is 25.7. The van der Waals surface area contributed by atoms with E-state index in [1.807, 2.05) is 0 Å². The Labute approximate surface area is 226 Å². The molecule has 1 aliphatic rings. The van der Waals surface area contributed by atoms with Gasteiger partial charge in [0.05, 0.1) is 11.4 Å². The molecule has 0 bridgehead atoms. The third-order valence-electron chi connectivity index (χ3n) is 8.06. The molecule has 0 N–H and O–H groups in total.